The number of hydrogen-bond acceptors (Lipinski definition) is 10. The number of fused-ring (bicyclic) bond motifs is 3. The molecule has 1 saturated heterocycles. The summed E-state index contributed by atoms with van der Waals surface area (Å²) in [6.45, 7) is 4.83. The van der Waals surface area contributed by atoms with Crippen LogP contribution in [0.3, 0.4) is 0 Å². The van der Waals surface area contributed by atoms with Crippen molar-refractivity contribution in [1.29, 1.82) is 0 Å². The monoisotopic (exact) mass is 786 g/mol. The first-order valence-electron chi connectivity index (χ1n) is 19.7. The second kappa shape index (κ2) is 17.6. The Hall–Kier alpha value is -6.00. The molecule has 2 aliphatic heterocycles. The minimum absolute atomic E-state index is 0.0401. The maximum absolute atomic E-state index is 13.1. The average Bonchev–Trinajstić information content (AvgIpc) is 3.79. The van der Waals surface area contributed by atoms with Crippen LogP contribution in [0.1, 0.15) is 46.1 Å². The summed E-state index contributed by atoms with van der Waals surface area (Å²) in [6.07, 6.45) is 5.50. The van der Waals surface area contributed by atoms with Crippen LogP contribution in [0.15, 0.2) is 77.9 Å². The number of carbonyl (C=O) groups is 3. The van der Waals surface area contributed by atoms with E-state index in [4.69, 9.17) is 19.2 Å². The highest BCUT2D eigenvalue weighted by Crippen LogP contribution is 2.29. The second-order valence-corrected chi connectivity index (χ2v) is 14.5. The Morgan fingerprint density at radius 2 is 1.69 bits per heavy atom. The summed E-state index contributed by atoms with van der Waals surface area (Å²) in [5.74, 6) is -0.803. The zero-order valence-electron chi connectivity index (χ0n) is 32.3. The number of para-hydroxylation sites is 1. The van der Waals surface area contributed by atoms with E-state index >= 15 is 0 Å². The number of imidazole rings is 1. The van der Waals surface area contributed by atoms with Crippen molar-refractivity contribution in [3.05, 3.63) is 106 Å². The van der Waals surface area contributed by atoms with E-state index in [2.05, 4.69) is 50.2 Å². The minimum atomic E-state index is -0.715. The van der Waals surface area contributed by atoms with Gasteiger partial charge in [-0.3, -0.25) is 38.8 Å². The first-order chi connectivity index (χ1) is 28.3. The summed E-state index contributed by atoms with van der Waals surface area (Å²) in [5, 5.41) is 9.69. The van der Waals surface area contributed by atoms with E-state index in [0.717, 1.165) is 62.2 Å². The zero-order valence-corrected chi connectivity index (χ0v) is 32.3. The molecule has 4 aromatic heterocycles. The van der Waals surface area contributed by atoms with Crippen LogP contribution < -0.4 is 21.6 Å². The number of nitrogens with one attached hydrogen (secondary N) is 4. The van der Waals surface area contributed by atoms with Gasteiger partial charge in [-0.05, 0) is 60.4 Å². The molecule has 0 saturated carbocycles. The number of nitrogens with zero attached hydrogens (tertiary/aromatic N) is 4. The number of benzene rings is 2. The van der Waals surface area contributed by atoms with E-state index < -0.39 is 11.9 Å². The van der Waals surface area contributed by atoms with Crippen molar-refractivity contribution in [3.63, 3.8) is 0 Å². The molecular formula is C43H46N8O7. The van der Waals surface area contributed by atoms with Gasteiger partial charge in [0, 0.05) is 79.8 Å². The van der Waals surface area contributed by atoms with Crippen molar-refractivity contribution in [2.45, 2.75) is 38.3 Å². The van der Waals surface area contributed by atoms with Gasteiger partial charge in [0.25, 0.3) is 5.91 Å². The molecule has 0 spiro atoms. The SMILES string of the molecule is Cn1c(=O)n(C2CCC(=O)NC2=O)c2cccc(CCOCCOCCOCCNCc3ccc4cc(-c5cc(-c6cc7c([nH]6)CCNC7=O)ccn5)cnc4c3)c21. The van der Waals surface area contributed by atoms with Gasteiger partial charge in [-0.1, -0.05) is 24.3 Å². The van der Waals surface area contributed by atoms with Crippen LogP contribution in [-0.2, 0) is 50.2 Å². The number of ether oxygens (including phenoxy) is 3. The molecule has 58 heavy (non-hydrogen) atoms. The summed E-state index contributed by atoms with van der Waals surface area (Å²) >= 11 is 0. The number of piperidine rings is 1. The van der Waals surface area contributed by atoms with Gasteiger partial charge < -0.3 is 29.8 Å². The number of aryl methyl sites for hydroxylation is 1. The Kier molecular flexibility index (Phi) is 11.8. The number of amides is 3. The molecule has 6 heterocycles. The van der Waals surface area contributed by atoms with E-state index in [0.29, 0.717) is 83.2 Å². The van der Waals surface area contributed by atoms with Crippen molar-refractivity contribution in [2.24, 2.45) is 7.05 Å². The molecule has 1 fully saturated rings. The fourth-order valence-electron chi connectivity index (χ4n) is 7.67. The molecule has 0 aliphatic carbocycles. The lowest BCUT2D eigenvalue weighted by Gasteiger charge is -2.21. The van der Waals surface area contributed by atoms with Gasteiger partial charge in [0.1, 0.15) is 6.04 Å². The van der Waals surface area contributed by atoms with Crippen molar-refractivity contribution < 1.29 is 28.6 Å². The third-order valence-corrected chi connectivity index (χ3v) is 10.6. The lowest BCUT2D eigenvalue weighted by atomic mass is 10.1. The molecule has 6 aromatic rings. The highest BCUT2D eigenvalue weighted by atomic mass is 16.5. The van der Waals surface area contributed by atoms with Crippen molar-refractivity contribution >= 4 is 39.7 Å². The van der Waals surface area contributed by atoms with Crippen LogP contribution in [0.2, 0.25) is 0 Å². The third kappa shape index (κ3) is 8.48. The van der Waals surface area contributed by atoms with Gasteiger partial charge in [0.2, 0.25) is 11.8 Å². The van der Waals surface area contributed by atoms with E-state index in [1.165, 1.54) is 4.57 Å². The van der Waals surface area contributed by atoms with E-state index in [9.17, 15) is 19.2 Å². The average molecular weight is 787 g/mol. The fraction of sp³-hybridized carbons (Fsp3) is 0.349. The van der Waals surface area contributed by atoms with E-state index in [-0.39, 0.29) is 23.9 Å². The minimum Gasteiger partial charge on any atom is -0.379 e. The smallest absolute Gasteiger partial charge is 0.329 e. The van der Waals surface area contributed by atoms with Gasteiger partial charge >= 0.3 is 5.69 Å². The molecule has 8 rings (SSSR count). The largest absolute Gasteiger partial charge is 0.379 e. The van der Waals surface area contributed by atoms with Gasteiger partial charge in [-0.2, -0.15) is 0 Å². The van der Waals surface area contributed by atoms with Gasteiger partial charge in [-0.15, -0.1) is 0 Å². The topological polar surface area (TPSA) is 183 Å². The Morgan fingerprint density at radius 1 is 0.862 bits per heavy atom. The van der Waals surface area contributed by atoms with E-state index in [1.807, 2.05) is 42.6 Å². The summed E-state index contributed by atoms with van der Waals surface area (Å²) < 4.78 is 20.3. The zero-order chi connectivity index (χ0) is 40.0. The number of pyridine rings is 2. The normalized spacial score (nSPS) is 15.5. The van der Waals surface area contributed by atoms with E-state index in [1.54, 1.807) is 17.8 Å². The number of rotatable bonds is 17. The van der Waals surface area contributed by atoms with Crippen LogP contribution in [0.4, 0.5) is 0 Å². The van der Waals surface area contributed by atoms with Crippen molar-refractivity contribution in [3.8, 4) is 22.5 Å². The van der Waals surface area contributed by atoms with Crippen LogP contribution in [0.25, 0.3) is 44.5 Å². The lowest BCUT2D eigenvalue weighted by molar-refractivity contribution is -0.135. The standard InChI is InChI=1S/C43H46N8O7/c1-50-40-28(3-2-4-37(40)51(43(50)55)38-7-8-39(52)49-42(38)54)11-15-56-17-19-58-20-18-57-16-14-44-25-27-5-6-29-22-31(26-47-34(29)21-27)35-23-30(9-12-45-35)36-24-32-33(48-36)10-13-46-41(32)53/h2-6,9,12,21-24,26,38,44,48H,7-8,10-11,13-20,25H2,1H3,(H,46,53)(H,49,52,54). The predicted octanol–water partition coefficient (Wildman–Crippen LogP) is 3.59. The van der Waals surface area contributed by atoms with Gasteiger partial charge in [0.15, 0.2) is 0 Å². The molecule has 1 unspecified atom stereocenters. The molecule has 4 N–H and O–H groups in total. The van der Waals surface area contributed by atoms with Crippen LogP contribution in [0, 0.1) is 0 Å². The van der Waals surface area contributed by atoms with Crippen molar-refractivity contribution in [2.75, 3.05) is 52.7 Å². The first-order valence-corrected chi connectivity index (χ1v) is 19.7. The summed E-state index contributed by atoms with van der Waals surface area (Å²) in [7, 11) is 1.70. The number of hydrogen-bond donors (Lipinski definition) is 4. The number of H-pyrrole nitrogens is 1. The van der Waals surface area contributed by atoms with Crippen molar-refractivity contribution in [1.82, 2.24) is 40.0 Å². The molecule has 3 amide bonds. The molecule has 1 atom stereocenters. The number of aromatic nitrogens is 5. The number of aromatic amines is 1. The third-order valence-electron chi connectivity index (χ3n) is 10.6. The Labute approximate surface area is 334 Å². The van der Waals surface area contributed by atoms with Gasteiger partial charge in [0.05, 0.1) is 67.4 Å². The second-order valence-electron chi connectivity index (χ2n) is 14.5. The number of imide groups is 1. The van der Waals surface area contributed by atoms with Crippen LogP contribution in [-0.4, -0.2) is 94.5 Å². The number of carbonyl (C=O) groups excluding carboxylic acids is 3. The highest BCUT2D eigenvalue weighted by molar-refractivity contribution is 6.00. The maximum Gasteiger partial charge on any atom is 0.329 e. The molecule has 15 heteroatoms. The maximum atomic E-state index is 13.1. The summed E-state index contributed by atoms with van der Waals surface area (Å²) in [4.78, 5) is 62.3. The quantitative estimate of drug-likeness (QED) is 0.0788. The molecule has 15 nitrogen and oxygen atoms in total. The fourth-order valence-corrected chi connectivity index (χ4v) is 7.67. The molecule has 2 aliphatic rings. The molecule has 0 bridgehead atoms. The Bertz CT molecular complexity index is 2540. The van der Waals surface area contributed by atoms with Crippen LogP contribution in [0.5, 0.6) is 0 Å². The molecular weight excluding hydrogens is 741 g/mol. The summed E-state index contributed by atoms with van der Waals surface area (Å²) in [6, 6.07) is 19.2. The molecule has 2 aromatic carbocycles. The first kappa shape index (κ1) is 38.9. The summed E-state index contributed by atoms with van der Waals surface area (Å²) in [5.41, 5.74) is 9.39. The Balaban J connectivity index is 0.715. The molecule has 0 radical (unpaired) electrons. The lowest BCUT2D eigenvalue weighted by Crippen LogP contribution is -2.44. The van der Waals surface area contributed by atoms with Gasteiger partial charge in [-0.25, -0.2) is 4.79 Å². The molecule has 300 valence electrons. The Morgan fingerprint density at radius 3 is 2.52 bits per heavy atom. The predicted molar refractivity (Wildman–Crippen MR) is 217 cm³/mol. The van der Waals surface area contributed by atoms with Crippen LogP contribution >= 0.6 is 0 Å². The highest BCUT2D eigenvalue weighted by Gasteiger charge is 2.31.